The van der Waals surface area contributed by atoms with Crippen molar-refractivity contribution in [3.8, 4) is 5.75 Å². The number of carbonyl (C=O) groups excluding carboxylic acids is 2. The van der Waals surface area contributed by atoms with Crippen LogP contribution in [0.5, 0.6) is 5.75 Å². The number of para-hydroxylation sites is 1. The summed E-state index contributed by atoms with van der Waals surface area (Å²) in [4.78, 5) is 23.3. The molecule has 6 heteroatoms. The molecule has 124 valence electrons. The van der Waals surface area contributed by atoms with Crippen LogP contribution in [-0.2, 0) is 4.79 Å². The van der Waals surface area contributed by atoms with E-state index in [-0.39, 0.29) is 6.61 Å². The molecule has 0 unspecified atom stereocenters. The summed E-state index contributed by atoms with van der Waals surface area (Å²) < 4.78 is 5.27. The first-order valence-electron chi connectivity index (χ1n) is 7.78. The van der Waals surface area contributed by atoms with Gasteiger partial charge in [0.05, 0.1) is 5.02 Å². The second kappa shape index (κ2) is 9.20. The molecule has 1 aromatic rings. The summed E-state index contributed by atoms with van der Waals surface area (Å²) in [6.07, 6.45) is 7.77. The quantitative estimate of drug-likeness (QED) is 0.782. The van der Waals surface area contributed by atoms with Gasteiger partial charge in [0.15, 0.2) is 6.61 Å². The zero-order valence-electron chi connectivity index (χ0n) is 12.9. The van der Waals surface area contributed by atoms with Gasteiger partial charge in [-0.15, -0.1) is 0 Å². The molecule has 0 bridgehead atoms. The topological polar surface area (TPSA) is 67.4 Å². The molecule has 0 saturated carbocycles. The predicted molar refractivity (Wildman–Crippen MR) is 89.7 cm³/mol. The molecular formula is C17H21ClN2O3. The number of hydrogen-bond donors (Lipinski definition) is 2. The Bertz CT molecular complexity index is 587. The first-order valence-corrected chi connectivity index (χ1v) is 8.16. The molecule has 0 radical (unpaired) electrons. The Balaban J connectivity index is 1.63. The van der Waals surface area contributed by atoms with E-state index in [1.807, 2.05) is 0 Å². The van der Waals surface area contributed by atoms with Crippen molar-refractivity contribution in [2.24, 2.45) is 0 Å². The lowest BCUT2D eigenvalue weighted by Crippen LogP contribution is -2.42. The molecule has 0 saturated heterocycles. The Morgan fingerprint density at radius 1 is 1.22 bits per heavy atom. The van der Waals surface area contributed by atoms with Gasteiger partial charge in [0.2, 0.25) is 0 Å². The van der Waals surface area contributed by atoms with E-state index in [0.29, 0.717) is 17.3 Å². The van der Waals surface area contributed by atoms with Crippen LogP contribution >= 0.6 is 11.6 Å². The number of benzene rings is 1. The van der Waals surface area contributed by atoms with Gasteiger partial charge in [0.25, 0.3) is 5.91 Å². The Hall–Kier alpha value is -2.01. The van der Waals surface area contributed by atoms with Crippen LogP contribution < -0.4 is 15.4 Å². The van der Waals surface area contributed by atoms with E-state index >= 15 is 0 Å². The summed E-state index contributed by atoms with van der Waals surface area (Å²) in [6, 6.07) is 6.35. The number of rotatable bonds is 6. The van der Waals surface area contributed by atoms with Crippen molar-refractivity contribution in [2.45, 2.75) is 32.1 Å². The molecule has 0 heterocycles. The monoisotopic (exact) mass is 336 g/mol. The normalized spacial score (nSPS) is 13.9. The Morgan fingerprint density at radius 3 is 2.78 bits per heavy atom. The van der Waals surface area contributed by atoms with Gasteiger partial charge in [-0.3, -0.25) is 10.1 Å². The zero-order valence-corrected chi connectivity index (χ0v) is 13.7. The Labute approximate surface area is 141 Å². The number of carbonyl (C=O) groups is 2. The molecule has 1 aromatic carbocycles. The minimum atomic E-state index is -0.515. The summed E-state index contributed by atoms with van der Waals surface area (Å²) in [5, 5.41) is 5.33. The van der Waals surface area contributed by atoms with Crippen LogP contribution in [-0.4, -0.2) is 25.1 Å². The van der Waals surface area contributed by atoms with E-state index in [2.05, 4.69) is 16.7 Å². The van der Waals surface area contributed by atoms with Crippen molar-refractivity contribution in [1.29, 1.82) is 0 Å². The van der Waals surface area contributed by atoms with Crippen molar-refractivity contribution in [3.63, 3.8) is 0 Å². The van der Waals surface area contributed by atoms with Crippen LogP contribution in [0.25, 0.3) is 0 Å². The van der Waals surface area contributed by atoms with Crippen LogP contribution in [0.15, 0.2) is 35.9 Å². The highest BCUT2D eigenvalue weighted by molar-refractivity contribution is 6.32. The van der Waals surface area contributed by atoms with Gasteiger partial charge in [-0.2, -0.15) is 0 Å². The maximum atomic E-state index is 11.7. The van der Waals surface area contributed by atoms with Crippen molar-refractivity contribution in [2.75, 3.05) is 13.2 Å². The van der Waals surface area contributed by atoms with Crippen molar-refractivity contribution < 1.29 is 14.3 Å². The standard InChI is InChI=1S/C17H21ClN2O3/c18-14-8-4-5-9-15(14)23-12-16(21)20-17(22)19-11-10-13-6-2-1-3-7-13/h4-6,8-9H,1-3,7,10-12H2,(H2,19,20,21,22). The van der Waals surface area contributed by atoms with Crippen LogP contribution in [0.3, 0.4) is 0 Å². The molecule has 0 atom stereocenters. The van der Waals surface area contributed by atoms with Crippen molar-refractivity contribution in [3.05, 3.63) is 40.9 Å². The second-order valence-electron chi connectivity index (χ2n) is 5.38. The third-order valence-corrected chi connectivity index (χ3v) is 3.88. The maximum Gasteiger partial charge on any atom is 0.321 e. The molecular weight excluding hydrogens is 316 g/mol. The fourth-order valence-corrected chi connectivity index (χ4v) is 2.57. The highest BCUT2D eigenvalue weighted by Crippen LogP contribution is 2.22. The van der Waals surface area contributed by atoms with E-state index < -0.39 is 11.9 Å². The van der Waals surface area contributed by atoms with Gasteiger partial charge < -0.3 is 10.1 Å². The predicted octanol–water partition coefficient (Wildman–Crippen LogP) is 3.44. The number of hydrogen-bond acceptors (Lipinski definition) is 3. The molecule has 2 N–H and O–H groups in total. The van der Waals surface area contributed by atoms with E-state index in [0.717, 1.165) is 19.3 Å². The fraction of sp³-hybridized carbons (Fsp3) is 0.412. The molecule has 5 nitrogen and oxygen atoms in total. The van der Waals surface area contributed by atoms with Gasteiger partial charge in [0, 0.05) is 6.54 Å². The van der Waals surface area contributed by atoms with Gasteiger partial charge in [-0.25, -0.2) is 4.79 Å². The lowest BCUT2D eigenvalue weighted by atomic mass is 9.97. The highest BCUT2D eigenvalue weighted by atomic mass is 35.5. The SMILES string of the molecule is O=C(COc1ccccc1Cl)NC(=O)NCCC1=CCCCC1. The second-order valence-corrected chi connectivity index (χ2v) is 5.79. The largest absolute Gasteiger partial charge is 0.482 e. The van der Waals surface area contributed by atoms with E-state index in [1.165, 1.54) is 18.4 Å². The third-order valence-electron chi connectivity index (χ3n) is 3.57. The molecule has 0 spiro atoms. The van der Waals surface area contributed by atoms with E-state index in [4.69, 9.17) is 16.3 Å². The number of ether oxygens (including phenoxy) is 1. The summed E-state index contributed by atoms with van der Waals surface area (Å²) in [7, 11) is 0. The smallest absolute Gasteiger partial charge is 0.321 e. The van der Waals surface area contributed by atoms with Gasteiger partial charge >= 0.3 is 6.03 Å². The number of nitrogens with one attached hydrogen (secondary N) is 2. The summed E-state index contributed by atoms with van der Waals surface area (Å²) >= 11 is 5.91. The summed E-state index contributed by atoms with van der Waals surface area (Å²) in [6.45, 7) is 0.263. The van der Waals surface area contributed by atoms with E-state index in [1.54, 1.807) is 24.3 Å². The van der Waals surface area contributed by atoms with Crippen LogP contribution in [0.2, 0.25) is 5.02 Å². The van der Waals surface area contributed by atoms with E-state index in [9.17, 15) is 9.59 Å². The third kappa shape index (κ3) is 6.32. The summed E-state index contributed by atoms with van der Waals surface area (Å²) in [5.74, 6) is -0.103. The number of allylic oxidation sites excluding steroid dienone is 1. The highest BCUT2D eigenvalue weighted by Gasteiger charge is 2.10. The lowest BCUT2D eigenvalue weighted by Gasteiger charge is -2.13. The summed E-state index contributed by atoms with van der Waals surface area (Å²) in [5.41, 5.74) is 1.38. The molecule has 23 heavy (non-hydrogen) atoms. The first-order chi connectivity index (χ1) is 11.1. The van der Waals surface area contributed by atoms with Gasteiger partial charge in [-0.1, -0.05) is 35.4 Å². The molecule has 2 rings (SSSR count). The maximum absolute atomic E-state index is 11.7. The lowest BCUT2D eigenvalue weighted by molar-refractivity contribution is -0.122. The fourth-order valence-electron chi connectivity index (χ4n) is 2.38. The van der Waals surface area contributed by atoms with Gasteiger partial charge in [-0.05, 0) is 44.2 Å². The Kier molecular flexibility index (Phi) is 6.94. The molecule has 0 aromatic heterocycles. The minimum Gasteiger partial charge on any atom is -0.482 e. The Morgan fingerprint density at radius 2 is 2.04 bits per heavy atom. The number of halogens is 1. The number of urea groups is 1. The van der Waals surface area contributed by atoms with Crippen LogP contribution in [0, 0.1) is 0 Å². The average Bonchev–Trinajstić information content (AvgIpc) is 2.55. The molecule has 3 amide bonds. The van der Waals surface area contributed by atoms with Crippen LogP contribution in [0.4, 0.5) is 4.79 Å². The molecule has 0 aliphatic heterocycles. The molecule has 0 fully saturated rings. The first kappa shape index (κ1) is 17.3. The van der Waals surface area contributed by atoms with Crippen molar-refractivity contribution >= 4 is 23.5 Å². The number of amides is 3. The minimum absolute atomic E-state index is 0.262. The zero-order chi connectivity index (χ0) is 16.5. The molecule has 1 aliphatic rings. The number of imide groups is 1. The van der Waals surface area contributed by atoms with Gasteiger partial charge in [0.1, 0.15) is 5.75 Å². The van der Waals surface area contributed by atoms with Crippen LogP contribution in [0.1, 0.15) is 32.1 Å². The van der Waals surface area contributed by atoms with Crippen molar-refractivity contribution in [1.82, 2.24) is 10.6 Å². The molecule has 1 aliphatic carbocycles. The average molecular weight is 337 g/mol.